The molecule has 1 aromatic carbocycles. The zero-order valence-electron chi connectivity index (χ0n) is 11.0. The number of carboxylic acid groups (broad SMARTS) is 1. The average Bonchev–Trinajstić information content (AvgIpc) is 2.89. The van der Waals surface area contributed by atoms with E-state index in [0.717, 1.165) is 12.8 Å². The van der Waals surface area contributed by atoms with Crippen LogP contribution in [0.4, 0.5) is 5.69 Å². The van der Waals surface area contributed by atoms with E-state index in [1.807, 2.05) is 0 Å². The number of carboxylic acids is 1. The molecule has 0 aliphatic heterocycles. The molecule has 20 heavy (non-hydrogen) atoms. The summed E-state index contributed by atoms with van der Waals surface area (Å²) in [7, 11) is 0. The SMILES string of the molecule is O=C(CNC1CCCC1)Nc1cccc(Cl)c1C(=O)O. The first kappa shape index (κ1) is 14.8. The number of hydrogen-bond donors (Lipinski definition) is 3. The summed E-state index contributed by atoms with van der Waals surface area (Å²) in [5.41, 5.74) is 0.145. The van der Waals surface area contributed by atoms with E-state index in [4.69, 9.17) is 16.7 Å². The van der Waals surface area contributed by atoms with Crippen LogP contribution in [0.3, 0.4) is 0 Å². The summed E-state index contributed by atoms with van der Waals surface area (Å²) in [6.07, 6.45) is 4.56. The summed E-state index contributed by atoms with van der Waals surface area (Å²) in [6.45, 7) is 0.177. The van der Waals surface area contributed by atoms with Gasteiger partial charge in [-0.2, -0.15) is 0 Å². The van der Waals surface area contributed by atoms with Gasteiger partial charge in [0.15, 0.2) is 0 Å². The van der Waals surface area contributed by atoms with Gasteiger partial charge in [0, 0.05) is 6.04 Å². The molecule has 1 saturated carbocycles. The highest BCUT2D eigenvalue weighted by Gasteiger charge is 2.18. The van der Waals surface area contributed by atoms with Crippen molar-refractivity contribution < 1.29 is 14.7 Å². The third-order valence-corrected chi connectivity index (χ3v) is 3.72. The van der Waals surface area contributed by atoms with Crippen LogP contribution < -0.4 is 10.6 Å². The highest BCUT2D eigenvalue weighted by Crippen LogP contribution is 2.24. The number of nitrogens with one attached hydrogen (secondary N) is 2. The molecule has 1 amide bonds. The number of aromatic carboxylic acids is 1. The summed E-state index contributed by atoms with van der Waals surface area (Å²) in [6, 6.07) is 5.01. The molecule has 1 aromatic rings. The maximum Gasteiger partial charge on any atom is 0.339 e. The van der Waals surface area contributed by atoms with E-state index in [2.05, 4.69) is 10.6 Å². The number of amides is 1. The van der Waals surface area contributed by atoms with Crippen LogP contribution in [0.25, 0.3) is 0 Å². The normalized spacial score (nSPS) is 15.2. The standard InChI is InChI=1S/C14H17ClN2O3/c15-10-6-3-7-11(13(10)14(19)20)17-12(18)8-16-9-4-1-2-5-9/h3,6-7,9,16H,1-2,4-5,8H2,(H,17,18)(H,19,20). The number of halogens is 1. The second-order valence-electron chi connectivity index (χ2n) is 4.88. The molecule has 0 atom stereocenters. The third kappa shape index (κ3) is 3.71. The summed E-state index contributed by atoms with van der Waals surface area (Å²) >= 11 is 5.84. The van der Waals surface area contributed by atoms with E-state index in [1.54, 1.807) is 6.07 Å². The van der Waals surface area contributed by atoms with Crippen molar-refractivity contribution in [2.75, 3.05) is 11.9 Å². The van der Waals surface area contributed by atoms with Crippen LogP contribution in [-0.2, 0) is 4.79 Å². The molecule has 1 aliphatic carbocycles. The molecule has 1 fully saturated rings. The molecule has 3 N–H and O–H groups in total. The zero-order valence-corrected chi connectivity index (χ0v) is 11.7. The summed E-state index contributed by atoms with van der Waals surface area (Å²) < 4.78 is 0. The lowest BCUT2D eigenvalue weighted by Crippen LogP contribution is -2.34. The molecule has 2 rings (SSSR count). The Kier molecular flexibility index (Phi) is 4.98. The maximum absolute atomic E-state index is 11.8. The fraction of sp³-hybridized carbons (Fsp3) is 0.429. The molecule has 0 heterocycles. The first-order valence-corrected chi connectivity index (χ1v) is 7.01. The number of carbonyl (C=O) groups is 2. The third-order valence-electron chi connectivity index (χ3n) is 3.41. The predicted octanol–water partition coefficient (Wildman–Crippen LogP) is 2.51. The molecule has 5 nitrogen and oxygen atoms in total. The van der Waals surface area contributed by atoms with E-state index in [9.17, 15) is 9.59 Å². The number of rotatable bonds is 5. The van der Waals surface area contributed by atoms with Gasteiger partial charge in [0.05, 0.1) is 17.3 Å². The van der Waals surface area contributed by atoms with Crippen molar-refractivity contribution in [1.29, 1.82) is 0 Å². The quantitative estimate of drug-likeness (QED) is 0.780. The van der Waals surface area contributed by atoms with Crippen LogP contribution in [0.1, 0.15) is 36.0 Å². The lowest BCUT2D eigenvalue weighted by atomic mass is 10.1. The summed E-state index contributed by atoms with van der Waals surface area (Å²) in [4.78, 5) is 23.0. The Labute approximate surface area is 122 Å². The van der Waals surface area contributed by atoms with Crippen LogP contribution in [0.15, 0.2) is 18.2 Å². The number of anilines is 1. The molecule has 0 unspecified atom stereocenters. The van der Waals surface area contributed by atoms with Crippen LogP contribution in [0.2, 0.25) is 5.02 Å². The van der Waals surface area contributed by atoms with Gasteiger partial charge in [-0.3, -0.25) is 4.79 Å². The van der Waals surface area contributed by atoms with Gasteiger partial charge in [-0.25, -0.2) is 4.79 Å². The molecule has 0 saturated heterocycles. The molecule has 1 aliphatic rings. The Balaban J connectivity index is 1.96. The van der Waals surface area contributed by atoms with Crippen molar-refractivity contribution in [3.05, 3.63) is 28.8 Å². The average molecular weight is 297 g/mol. The number of hydrogen-bond acceptors (Lipinski definition) is 3. The van der Waals surface area contributed by atoms with Crippen molar-refractivity contribution in [2.24, 2.45) is 0 Å². The molecule has 0 bridgehead atoms. The zero-order chi connectivity index (χ0) is 14.5. The van der Waals surface area contributed by atoms with Crippen molar-refractivity contribution in [3.8, 4) is 0 Å². The van der Waals surface area contributed by atoms with Gasteiger partial charge in [-0.1, -0.05) is 30.5 Å². The van der Waals surface area contributed by atoms with Gasteiger partial charge >= 0.3 is 5.97 Å². The van der Waals surface area contributed by atoms with Crippen LogP contribution >= 0.6 is 11.6 Å². The molecular formula is C14H17ClN2O3. The van der Waals surface area contributed by atoms with Gasteiger partial charge in [0.1, 0.15) is 5.56 Å². The monoisotopic (exact) mass is 296 g/mol. The van der Waals surface area contributed by atoms with Crippen molar-refractivity contribution in [2.45, 2.75) is 31.7 Å². The highest BCUT2D eigenvalue weighted by molar-refractivity contribution is 6.34. The Morgan fingerprint density at radius 3 is 2.65 bits per heavy atom. The van der Waals surface area contributed by atoms with Crippen LogP contribution in [-0.4, -0.2) is 29.6 Å². The van der Waals surface area contributed by atoms with Gasteiger partial charge < -0.3 is 15.7 Å². The fourth-order valence-corrected chi connectivity index (χ4v) is 2.66. The minimum atomic E-state index is -1.16. The first-order valence-electron chi connectivity index (χ1n) is 6.63. The topological polar surface area (TPSA) is 78.4 Å². The van der Waals surface area contributed by atoms with Crippen molar-refractivity contribution >= 4 is 29.2 Å². The Bertz CT molecular complexity index is 513. The molecular weight excluding hydrogens is 280 g/mol. The first-order chi connectivity index (χ1) is 9.58. The van der Waals surface area contributed by atoms with Gasteiger partial charge in [0.2, 0.25) is 5.91 Å². The van der Waals surface area contributed by atoms with E-state index < -0.39 is 5.97 Å². The van der Waals surface area contributed by atoms with E-state index in [1.165, 1.54) is 25.0 Å². The molecule has 0 radical (unpaired) electrons. The molecule has 6 heteroatoms. The van der Waals surface area contributed by atoms with Crippen molar-refractivity contribution in [1.82, 2.24) is 5.32 Å². The Hall–Kier alpha value is -1.59. The van der Waals surface area contributed by atoms with Gasteiger partial charge in [0.25, 0.3) is 0 Å². The van der Waals surface area contributed by atoms with Crippen molar-refractivity contribution in [3.63, 3.8) is 0 Å². The highest BCUT2D eigenvalue weighted by atomic mass is 35.5. The summed E-state index contributed by atoms with van der Waals surface area (Å²) in [5.74, 6) is -1.42. The smallest absolute Gasteiger partial charge is 0.339 e. The fourth-order valence-electron chi connectivity index (χ4n) is 2.41. The van der Waals surface area contributed by atoms with E-state index >= 15 is 0 Å². The van der Waals surface area contributed by atoms with E-state index in [-0.39, 0.29) is 28.7 Å². The number of benzene rings is 1. The minimum Gasteiger partial charge on any atom is -0.478 e. The second-order valence-corrected chi connectivity index (χ2v) is 5.29. The maximum atomic E-state index is 11.8. The van der Waals surface area contributed by atoms with Gasteiger partial charge in [-0.05, 0) is 25.0 Å². The van der Waals surface area contributed by atoms with Crippen LogP contribution in [0, 0.1) is 0 Å². The molecule has 0 spiro atoms. The lowest BCUT2D eigenvalue weighted by Gasteiger charge is -2.13. The predicted molar refractivity (Wildman–Crippen MR) is 77.3 cm³/mol. The lowest BCUT2D eigenvalue weighted by molar-refractivity contribution is -0.115. The molecule has 108 valence electrons. The Morgan fingerprint density at radius 1 is 1.30 bits per heavy atom. The molecule has 0 aromatic heterocycles. The Morgan fingerprint density at radius 2 is 2.00 bits per heavy atom. The van der Waals surface area contributed by atoms with Gasteiger partial charge in [-0.15, -0.1) is 0 Å². The second kappa shape index (κ2) is 6.72. The van der Waals surface area contributed by atoms with E-state index in [0.29, 0.717) is 6.04 Å². The van der Waals surface area contributed by atoms with Crippen LogP contribution in [0.5, 0.6) is 0 Å². The number of carbonyl (C=O) groups excluding carboxylic acids is 1. The summed E-state index contributed by atoms with van der Waals surface area (Å²) in [5, 5.41) is 15.0. The largest absolute Gasteiger partial charge is 0.478 e. The minimum absolute atomic E-state index is 0.0802.